The summed E-state index contributed by atoms with van der Waals surface area (Å²) in [5.41, 5.74) is 7.18. The van der Waals surface area contributed by atoms with Crippen LogP contribution in [-0.4, -0.2) is 23.5 Å². The summed E-state index contributed by atoms with van der Waals surface area (Å²) in [4.78, 5) is 42.1. The maximum absolute atomic E-state index is 14.4. The fraction of sp³-hybridized carbons (Fsp3) is 0.125. The highest BCUT2D eigenvalue weighted by atomic mass is 19.1. The van der Waals surface area contributed by atoms with Crippen molar-refractivity contribution < 1.29 is 18.4 Å². The summed E-state index contributed by atoms with van der Waals surface area (Å²) in [6.07, 6.45) is 1.55. The second-order valence-electron chi connectivity index (χ2n) is 7.91. The number of aromatic amines is 1. The summed E-state index contributed by atoms with van der Waals surface area (Å²) >= 11 is 0. The third-order valence-electron chi connectivity index (χ3n) is 5.81. The van der Waals surface area contributed by atoms with E-state index in [4.69, 9.17) is 5.73 Å². The van der Waals surface area contributed by atoms with Crippen molar-refractivity contribution in [3.63, 3.8) is 0 Å². The first-order valence-electron chi connectivity index (χ1n) is 10.3. The quantitative estimate of drug-likeness (QED) is 0.403. The second kappa shape index (κ2) is 7.70. The molecule has 9 heteroatoms. The highest BCUT2D eigenvalue weighted by molar-refractivity contribution is 6.13. The minimum Gasteiger partial charge on any atom is -0.354 e. The molecule has 0 bridgehead atoms. The summed E-state index contributed by atoms with van der Waals surface area (Å²) < 4.78 is 28.0. The number of amides is 3. The zero-order valence-corrected chi connectivity index (χ0v) is 17.2. The zero-order valence-electron chi connectivity index (χ0n) is 17.2. The Morgan fingerprint density at radius 1 is 1.00 bits per heavy atom. The summed E-state index contributed by atoms with van der Waals surface area (Å²) in [6.45, 7) is 0.475. The van der Waals surface area contributed by atoms with E-state index in [1.54, 1.807) is 18.2 Å². The molecule has 0 spiro atoms. The van der Waals surface area contributed by atoms with Gasteiger partial charge in [-0.25, -0.2) is 13.6 Å². The lowest BCUT2D eigenvalue weighted by Crippen LogP contribution is -2.39. The molecule has 0 saturated heterocycles. The smallest absolute Gasteiger partial charge is 0.319 e. The molecule has 0 unspecified atom stereocenters. The number of fused-ring (bicyclic) bond motifs is 3. The van der Waals surface area contributed by atoms with Crippen LogP contribution in [0.15, 0.2) is 53.3 Å². The minimum atomic E-state index is -0.778. The van der Waals surface area contributed by atoms with Gasteiger partial charge in [0.15, 0.2) is 5.43 Å². The number of carbonyl (C=O) groups is 2. The number of anilines is 2. The van der Waals surface area contributed by atoms with Crippen molar-refractivity contribution in [3.8, 4) is 0 Å². The van der Waals surface area contributed by atoms with Gasteiger partial charge in [0.25, 0.3) is 5.91 Å². The van der Waals surface area contributed by atoms with Crippen LogP contribution in [0.4, 0.5) is 25.0 Å². The number of pyridine rings is 1. The fourth-order valence-electron chi connectivity index (χ4n) is 4.27. The van der Waals surface area contributed by atoms with Gasteiger partial charge in [-0.05, 0) is 60.9 Å². The van der Waals surface area contributed by atoms with Gasteiger partial charge < -0.3 is 16.0 Å². The number of hydrogen-bond acceptors (Lipinski definition) is 3. The van der Waals surface area contributed by atoms with Gasteiger partial charge >= 0.3 is 6.03 Å². The number of aryl methyl sites for hydroxylation is 1. The Morgan fingerprint density at radius 3 is 2.58 bits per heavy atom. The number of carbonyl (C=O) groups excluding carboxylic acids is 2. The van der Waals surface area contributed by atoms with Gasteiger partial charge in [-0.15, -0.1) is 0 Å². The normalized spacial score (nSPS) is 13.2. The van der Waals surface area contributed by atoms with Crippen molar-refractivity contribution in [1.82, 2.24) is 4.98 Å². The minimum absolute atomic E-state index is 0.0562. The van der Waals surface area contributed by atoms with Crippen LogP contribution < -0.4 is 21.4 Å². The molecule has 33 heavy (non-hydrogen) atoms. The maximum Gasteiger partial charge on any atom is 0.319 e. The van der Waals surface area contributed by atoms with Gasteiger partial charge in [-0.1, -0.05) is 6.07 Å². The number of benzene rings is 3. The molecule has 0 atom stereocenters. The lowest BCUT2D eigenvalue weighted by molar-refractivity contribution is 0.102. The first-order valence-corrected chi connectivity index (χ1v) is 10.3. The molecule has 3 aromatic carbocycles. The van der Waals surface area contributed by atoms with Crippen LogP contribution in [0.3, 0.4) is 0 Å². The standard InChI is InChI=1S/C24H18F2N4O3/c25-13-4-6-19-16(8-13)22(31)17-9-14(26)10-18(21(17)29-19)23(32)28-15-5-3-12-2-1-7-30(24(27)33)20(12)11-15/h3-6,8-11H,1-2,7H2,(H2,27,33)(H,28,32)(H,29,31). The van der Waals surface area contributed by atoms with E-state index in [-0.39, 0.29) is 21.9 Å². The number of nitrogens with two attached hydrogens (primary N) is 1. The van der Waals surface area contributed by atoms with Gasteiger partial charge in [-0.2, -0.15) is 0 Å². The number of rotatable bonds is 2. The van der Waals surface area contributed by atoms with E-state index >= 15 is 0 Å². The van der Waals surface area contributed by atoms with Crippen LogP contribution in [0.25, 0.3) is 21.8 Å². The molecule has 4 N–H and O–H groups in total. The van der Waals surface area contributed by atoms with Crippen LogP contribution in [0.2, 0.25) is 0 Å². The molecule has 166 valence electrons. The average Bonchev–Trinajstić information content (AvgIpc) is 2.79. The molecule has 0 saturated carbocycles. The summed E-state index contributed by atoms with van der Waals surface area (Å²) in [7, 11) is 0. The van der Waals surface area contributed by atoms with Crippen molar-refractivity contribution in [3.05, 3.63) is 81.5 Å². The van der Waals surface area contributed by atoms with Gasteiger partial charge in [0.2, 0.25) is 0 Å². The van der Waals surface area contributed by atoms with Crippen molar-refractivity contribution in [1.29, 1.82) is 0 Å². The SMILES string of the molecule is NC(=O)N1CCCc2ccc(NC(=O)c3cc(F)cc4c(=O)c5cc(F)ccc5[nH]c34)cc21. The molecule has 1 aliphatic heterocycles. The highest BCUT2D eigenvalue weighted by Gasteiger charge is 2.22. The number of nitrogens with zero attached hydrogens (tertiary/aromatic N) is 1. The Balaban J connectivity index is 1.59. The Kier molecular flexibility index (Phi) is 4.81. The van der Waals surface area contributed by atoms with Gasteiger partial charge in [0, 0.05) is 28.5 Å². The second-order valence-corrected chi connectivity index (χ2v) is 7.91. The summed E-state index contributed by atoms with van der Waals surface area (Å²) in [5.74, 6) is -2.03. The van der Waals surface area contributed by atoms with E-state index in [2.05, 4.69) is 10.3 Å². The molecule has 1 aliphatic rings. The third-order valence-corrected chi connectivity index (χ3v) is 5.81. The number of H-pyrrole nitrogens is 1. The third kappa shape index (κ3) is 3.57. The van der Waals surface area contributed by atoms with Crippen LogP contribution in [-0.2, 0) is 6.42 Å². The van der Waals surface area contributed by atoms with Crippen LogP contribution >= 0.6 is 0 Å². The van der Waals surface area contributed by atoms with Crippen LogP contribution in [0.1, 0.15) is 22.3 Å². The molecule has 1 aromatic heterocycles. The first-order chi connectivity index (χ1) is 15.8. The molecule has 4 aromatic rings. The molecule has 3 amide bonds. The van der Waals surface area contributed by atoms with Crippen LogP contribution in [0, 0.1) is 11.6 Å². The lowest BCUT2D eigenvalue weighted by Gasteiger charge is -2.28. The van der Waals surface area contributed by atoms with Crippen molar-refractivity contribution in [2.75, 3.05) is 16.8 Å². The predicted molar refractivity (Wildman–Crippen MR) is 122 cm³/mol. The zero-order chi connectivity index (χ0) is 23.3. The number of urea groups is 1. The molecule has 2 heterocycles. The fourth-order valence-corrected chi connectivity index (χ4v) is 4.27. The molecule has 7 nitrogen and oxygen atoms in total. The van der Waals surface area contributed by atoms with E-state index in [1.807, 2.05) is 0 Å². The molecule has 0 radical (unpaired) electrons. The largest absolute Gasteiger partial charge is 0.354 e. The van der Waals surface area contributed by atoms with E-state index in [0.717, 1.165) is 36.6 Å². The van der Waals surface area contributed by atoms with E-state index < -0.39 is 29.0 Å². The van der Waals surface area contributed by atoms with Crippen LogP contribution in [0.5, 0.6) is 0 Å². The van der Waals surface area contributed by atoms with Crippen molar-refractivity contribution >= 4 is 45.1 Å². The van der Waals surface area contributed by atoms with Crippen molar-refractivity contribution in [2.24, 2.45) is 5.73 Å². The Labute approximate surface area is 185 Å². The maximum atomic E-state index is 14.4. The Bertz CT molecular complexity index is 1530. The molecular formula is C24H18F2N4O3. The van der Waals surface area contributed by atoms with Gasteiger partial charge in [0.1, 0.15) is 11.6 Å². The first kappa shape index (κ1) is 20.6. The summed E-state index contributed by atoms with van der Waals surface area (Å²) in [6, 6.07) is 10.2. The average molecular weight is 448 g/mol. The monoisotopic (exact) mass is 448 g/mol. The van der Waals surface area contributed by atoms with E-state index in [1.165, 1.54) is 17.0 Å². The van der Waals surface area contributed by atoms with E-state index in [9.17, 15) is 23.2 Å². The Hall–Kier alpha value is -4.27. The highest BCUT2D eigenvalue weighted by Crippen LogP contribution is 2.30. The summed E-state index contributed by atoms with van der Waals surface area (Å²) in [5, 5.41) is 2.69. The number of halogens is 2. The van der Waals surface area contributed by atoms with Gasteiger partial charge in [-0.3, -0.25) is 14.5 Å². The predicted octanol–water partition coefficient (Wildman–Crippen LogP) is 4.04. The van der Waals surface area contributed by atoms with Crippen molar-refractivity contribution in [2.45, 2.75) is 12.8 Å². The number of primary amides is 1. The molecule has 5 rings (SSSR count). The topological polar surface area (TPSA) is 108 Å². The van der Waals surface area contributed by atoms with Gasteiger partial charge in [0.05, 0.1) is 16.8 Å². The van der Waals surface area contributed by atoms with E-state index in [0.29, 0.717) is 23.4 Å². The lowest BCUT2D eigenvalue weighted by atomic mass is 10.0. The Morgan fingerprint density at radius 2 is 1.79 bits per heavy atom. The molecule has 0 fully saturated rings. The number of hydrogen-bond donors (Lipinski definition) is 3. The number of nitrogens with one attached hydrogen (secondary N) is 2. The molecular weight excluding hydrogens is 430 g/mol. The molecule has 0 aliphatic carbocycles. The number of aromatic nitrogens is 1.